The van der Waals surface area contributed by atoms with Gasteiger partial charge >= 0.3 is 0 Å². The Labute approximate surface area is 170 Å². The van der Waals surface area contributed by atoms with E-state index in [9.17, 15) is 18.8 Å². The van der Waals surface area contributed by atoms with Gasteiger partial charge in [0.25, 0.3) is 5.91 Å². The van der Waals surface area contributed by atoms with Gasteiger partial charge in [0.15, 0.2) is 0 Å². The van der Waals surface area contributed by atoms with Crippen molar-refractivity contribution in [2.24, 2.45) is 5.92 Å². The Hall–Kier alpha value is -2.74. The molecule has 0 radical (unpaired) electrons. The summed E-state index contributed by atoms with van der Waals surface area (Å²) in [5.41, 5.74) is 0.701. The quantitative estimate of drug-likeness (QED) is 0.667. The molecule has 2 aromatic rings. The summed E-state index contributed by atoms with van der Waals surface area (Å²) in [6, 6.07) is 13.0. The summed E-state index contributed by atoms with van der Waals surface area (Å²) in [6.45, 7) is 0.665. The fraction of sp³-hybridized carbons (Fsp3) is 0.250. The molecule has 1 atom stereocenters. The molecule has 1 aliphatic heterocycles. The molecule has 0 saturated carbocycles. The van der Waals surface area contributed by atoms with Gasteiger partial charge in [0.2, 0.25) is 11.8 Å². The zero-order valence-electron chi connectivity index (χ0n) is 15.0. The summed E-state index contributed by atoms with van der Waals surface area (Å²) < 4.78 is 14.4. The molecule has 0 bridgehead atoms. The molecule has 1 heterocycles. The number of hydrogen-bond acceptors (Lipinski definition) is 3. The molecule has 0 aromatic heterocycles. The van der Waals surface area contributed by atoms with E-state index in [-0.39, 0.29) is 36.9 Å². The first-order valence-electron chi connectivity index (χ1n) is 8.82. The van der Waals surface area contributed by atoms with Gasteiger partial charge in [0.05, 0.1) is 11.5 Å². The third kappa shape index (κ3) is 4.75. The monoisotopic (exact) mass is 447 g/mol. The van der Waals surface area contributed by atoms with Crippen LogP contribution in [0.5, 0.6) is 0 Å². The predicted octanol–water partition coefficient (Wildman–Crippen LogP) is 2.49. The molecular weight excluding hydrogens is 429 g/mol. The van der Waals surface area contributed by atoms with Gasteiger partial charge in [-0.2, -0.15) is 0 Å². The van der Waals surface area contributed by atoms with Crippen LogP contribution >= 0.6 is 15.9 Å². The van der Waals surface area contributed by atoms with E-state index in [0.29, 0.717) is 6.54 Å². The SMILES string of the molecule is O=C(NCCNC(=O)C1CC(=O)N(c2cccc(Br)c2)C1)c1ccccc1F. The molecule has 1 aliphatic rings. The Morgan fingerprint density at radius 3 is 2.61 bits per heavy atom. The van der Waals surface area contributed by atoms with Crippen LogP contribution in [-0.4, -0.2) is 37.4 Å². The normalized spacial score (nSPS) is 16.1. The highest BCUT2D eigenvalue weighted by Gasteiger charge is 2.35. The van der Waals surface area contributed by atoms with Crippen molar-refractivity contribution in [2.75, 3.05) is 24.5 Å². The zero-order chi connectivity index (χ0) is 20.1. The number of halogens is 2. The van der Waals surface area contributed by atoms with E-state index in [1.54, 1.807) is 11.0 Å². The van der Waals surface area contributed by atoms with Gasteiger partial charge in [-0.15, -0.1) is 0 Å². The van der Waals surface area contributed by atoms with Crippen LogP contribution in [0, 0.1) is 11.7 Å². The Morgan fingerprint density at radius 1 is 1.11 bits per heavy atom. The van der Waals surface area contributed by atoms with E-state index >= 15 is 0 Å². The van der Waals surface area contributed by atoms with Crippen molar-refractivity contribution >= 4 is 39.3 Å². The Bertz CT molecular complexity index is 906. The second-order valence-corrected chi connectivity index (χ2v) is 7.33. The van der Waals surface area contributed by atoms with Crippen LogP contribution in [0.2, 0.25) is 0 Å². The second-order valence-electron chi connectivity index (χ2n) is 6.41. The summed E-state index contributed by atoms with van der Waals surface area (Å²) in [4.78, 5) is 38.1. The van der Waals surface area contributed by atoms with Gasteiger partial charge in [-0.05, 0) is 30.3 Å². The maximum atomic E-state index is 13.6. The first-order chi connectivity index (χ1) is 13.5. The number of hydrogen-bond donors (Lipinski definition) is 2. The smallest absolute Gasteiger partial charge is 0.254 e. The lowest BCUT2D eigenvalue weighted by atomic mass is 10.1. The average molecular weight is 448 g/mol. The van der Waals surface area contributed by atoms with E-state index < -0.39 is 17.6 Å². The van der Waals surface area contributed by atoms with Gasteiger partial charge in [0, 0.05) is 36.2 Å². The van der Waals surface area contributed by atoms with Crippen LogP contribution in [0.25, 0.3) is 0 Å². The highest BCUT2D eigenvalue weighted by molar-refractivity contribution is 9.10. The molecule has 28 heavy (non-hydrogen) atoms. The number of amides is 3. The molecular formula is C20H19BrFN3O3. The minimum atomic E-state index is -0.596. The van der Waals surface area contributed by atoms with Crippen molar-refractivity contribution in [3.63, 3.8) is 0 Å². The highest BCUT2D eigenvalue weighted by atomic mass is 79.9. The van der Waals surface area contributed by atoms with Gasteiger partial charge in [-0.3, -0.25) is 14.4 Å². The zero-order valence-corrected chi connectivity index (χ0v) is 16.5. The second kappa shape index (κ2) is 8.97. The van der Waals surface area contributed by atoms with Crippen LogP contribution in [-0.2, 0) is 9.59 Å². The third-order valence-electron chi connectivity index (χ3n) is 4.44. The minimum Gasteiger partial charge on any atom is -0.354 e. The summed E-state index contributed by atoms with van der Waals surface area (Å²) in [5.74, 6) is -1.93. The van der Waals surface area contributed by atoms with Crippen molar-refractivity contribution in [3.05, 3.63) is 64.4 Å². The lowest BCUT2D eigenvalue weighted by Gasteiger charge is -2.17. The molecule has 6 nitrogen and oxygen atoms in total. The summed E-state index contributed by atoms with van der Waals surface area (Å²) in [7, 11) is 0. The molecule has 1 saturated heterocycles. The van der Waals surface area contributed by atoms with E-state index in [0.717, 1.165) is 10.2 Å². The van der Waals surface area contributed by atoms with Gasteiger partial charge in [0.1, 0.15) is 5.82 Å². The lowest BCUT2D eigenvalue weighted by Crippen LogP contribution is -2.38. The molecule has 146 valence electrons. The largest absolute Gasteiger partial charge is 0.354 e. The van der Waals surface area contributed by atoms with Crippen LogP contribution in [0.15, 0.2) is 53.0 Å². The molecule has 1 fully saturated rings. The lowest BCUT2D eigenvalue weighted by molar-refractivity contribution is -0.126. The topological polar surface area (TPSA) is 78.5 Å². The number of rotatable bonds is 6. The maximum Gasteiger partial charge on any atom is 0.254 e. The standard InChI is InChI=1S/C20H19BrFN3O3/c21-14-4-3-5-15(11-14)25-12-13(10-18(25)26)19(27)23-8-9-24-20(28)16-6-1-2-7-17(16)22/h1-7,11,13H,8-10,12H2,(H,23,27)(H,24,28). The first kappa shape index (κ1) is 20.0. The minimum absolute atomic E-state index is 0.0418. The number of carbonyl (C=O) groups excluding carboxylic acids is 3. The molecule has 2 N–H and O–H groups in total. The van der Waals surface area contributed by atoms with Gasteiger partial charge in [-0.1, -0.05) is 34.1 Å². The molecule has 3 amide bonds. The molecule has 0 spiro atoms. The molecule has 8 heteroatoms. The Kier molecular flexibility index (Phi) is 6.41. The van der Waals surface area contributed by atoms with Gasteiger partial charge in [-0.25, -0.2) is 4.39 Å². The number of nitrogens with one attached hydrogen (secondary N) is 2. The van der Waals surface area contributed by atoms with Crippen molar-refractivity contribution in [2.45, 2.75) is 6.42 Å². The van der Waals surface area contributed by atoms with Crippen molar-refractivity contribution < 1.29 is 18.8 Å². The van der Waals surface area contributed by atoms with Crippen LogP contribution in [0.4, 0.5) is 10.1 Å². The van der Waals surface area contributed by atoms with E-state index in [1.165, 1.54) is 18.2 Å². The fourth-order valence-electron chi connectivity index (χ4n) is 3.02. The molecule has 2 aromatic carbocycles. The van der Waals surface area contributed by atoms with Crippen LogP contribution < -0.4 is 15.5 Å². The Balaban J connectivity index is 1.46. The number of carbonyl (C=O) groups is 3. The summed E-state index contributed by atoms with van der Waals surface area (Å²) in [5, 5.41) is 5.27. The van der Waals surface area contributed by atoms with Crippen LogP contribution in [0.3, 0.4) is 0 Å². The van der Waals surface area contributed by atoms with Crippen molar-refractivity contribution in [1.82, 2.24) is 10.6 Å². The number of anilines is 1. The average Bonchev–Trinajstić information content (AvgIpc) is 3.07. The number of nitrogens with zero attached hydrogens (tertiary/aromatic N) is 1. The number of benzene rings is 2. The van der Waals surface area contributed by atoms with Gasteiger partial charge < -0.3 is 15.5 Å². The predicted molar refractivity (Wildman–Crippen MR) is 106 cm³/mol. The van der Waals surface area contributed by atoms with E-state index in [1.807, 2.05) is 24.3 Å². The van der Waals surface area contributed by atoms with E-state index in [2.05, 4.69) is 26.6 Å². The molecule has 3 rings (SSSR count). The fourth-order valence-corrected chi connectivity index (χ4v) is 3.41. The highest BCUT2D eigenvalue weighted by Crippen LogP contribution is 2.27. The van der Waals surface area contributed by atoms with Crippen molar-refractivity contribution in [3.8, 4) is 0 Å². The van der Waals surface area contributed by atoms with Crippen molar-refractivity contribution in [1.29, 1.82) is 0 Å². The summed E-state index contributed by atoms with van der Waals surface area (Å²) in [6.07, 6.45) is 0.139. The van der Waals surface area contributed by atoms with E-state index in [4.69, 9.17) is 0 Å². The summed E-state index contributed by atoms with van der Waals surface area (Å²) >= 11 is 3.37. The molecule has 0 aliphatic carbocycles. The Morgan fingerprint density at radius 2 is 1.86 bits per heavy atom. The third-order valence-corrected chi connectivity index (χ3v) is 4.94. The first-order valence-corrected chi connectivity index (χ1v) is 9.61. The molecule has 1 unspecified atom stereocenters. The van der Waals surface area contributed by atoms with Crippen LogP contribution in [0.1, 0.15) is 16.8 Å². The maximum absolute atomic E-state index is 13.6.